The fourth-order valence-corrected chi connectivity index (χ4v) is 2.27. The Morgan fingerprint density at radius 3 is 1.75 bits per heavy atom. The summed E-state index contributed by atoms with van der Waals surface area (Å²) in [6.07, 6.45) is 0. The van der Waals surface area contributed by atoms with Crippen molar-refractivity contribution in [1.29, 1.82) is 0 Å². The number of carbonyl (C=O) groups is 1. The number of benzene rings is 2. The number of rotatable bonds is 3. The molecule has 0 saturated heterocycles. The van der Waals surface area contributed by atoms with Gasteiger partial charge in [-0.05, 0) is 24.3 Å². The molecular formula is C13H11F5O5S. The average molecular weight is 374 g/mol. The highest BCUT2D eigenvalue weighted by Crippen LogP contribution is 3.03. The summed E-state index contributed by atoms with van der Waals surface area (Å²) >= 11 is 0. The van der Waals surface area contributed by atoms with Crippen molar-refractivity contribution in [3.05, 3.63) is 42.5 Å². The van der Waals surface area contributed by atoms with Crippen LogP contribution >= 0.6 is 10.2 Å². The highest BCUT2D eigenvalue weighted by molar-refractivity contribution is 8.45. The number of hydrogen-bond acceptors (Lipinski definition) is 5. The van der Waals surface area contributed by atoms with Crippen LogP contribution in [0, 0.1) is 0 Å². The van der Waals surface area contributed by atoms with Crippen LogP contribution in [-0.2, 0) is 4.79 Å². The van der Waals surface area contributed by atoms with Crippen molar-refractivity contribution in [2.24, 2.45) is 0 Å². The maximum atomic E-state index is 12.3. The SMILES string of the molecule is O=COc1ccccc1S(F)(F)(F)(F)F.Oc1cccc(O)c1O. The second kappa shape index (κ2) is 5.74. The van der Waals surface area contributed by atoms with Crippen LogP contribution in [-0.4, -0.2) is 21.8 Å². The van der Waals surface area contributed by atoms with Crippen LogP contribution in [0.1, 0.15) is 0 Å². The summed E-state index contributed by atoms with van der Waals surface area (Å²) in [6.45, 7) is -0.345. The standard InChI is InChI=1S/C7H5F5O2S.C6H6O3/c8-15(9,10,11,12)7-4-2-1-3-6(7)14-5-13;7-4-2-1-3-5(8)6(4)9/h1-5H;1-3,7-9H. The minimum Gasteiger partial charge on any atom is -0.504 e. The second-order valence-corrected chi connectivity index (χ2v) is 6.65. The summed E-state index contributed by atoms with van der Waals surface area (Å²) in [4.78, 5) is 7.64. The fourth-order valence-electron chi connectivity index (χ4n) is 1.44. The van der Waals surface area contributed by atoms with E-state index in [-0.39, 0.29) is 24.0 Å². The maximum absolute atomic E-state index is 12.3. The Hall–Kier alpha value is -2.69. The summed E-state index contributed by atoms with van der Waals surface area (Å²) in [5.41, 5.74) is 0. The minimum atomic E-state index is -9.80. The molecule has 0 atom stereocenters. The quantitative estimate of drug-likeness (QED) is 0.412. The first-order valence-electron chi connectivity index (χ1n) is 5.89. The lowest BCUT2D eigenvalue weighted by Gasteiger charge is -2.40. The van der Waals surface area contributed by atoms with Gasteiger partial charge < -0.3 is 20.1 Å². The molecule has 0 heterocycles. The smallest absolute Gasteiger partial charge is 0.313 e. The van der Waals surface area contributed by atoms with E-state index in [0.717, 1.165) is 12.1 Å². The summed E-state index contributed by atoms with van der Waals surface area (Å²) in [6, 6.07) is 6.65. The predicted molar refractivity (Wildman–Crippen MR) is 76.0 cm³/mol. The summed E-state index contributed by atoms with van der Waals surface area (Å²) < 4.78 is 65.5. The number of carbonyl (C=O) groups excluding carboxylic acids is 1. The largest absolute Gasteiger partial charge is 0.504 e. The highest BCUT2D eigenvalue weighted by Gasteiger charge is 2.67. The van der Waals surface area contributed by atoms with Crippen molar-refractivity contribution >= 4 is 16.7 Å². The molecule has 2 rings (SSSR count). The lowest BCUT2D eigenvalue weighted by atomic mass is 10.3. The van der Waals surface area contributed by atoms with E-state index in [0.29, 0.717) is 6.07 Å². The molecule has 0 bridgehead atoms. The number of phenols is 3. The lowest BCUT2D eigenvalue weighted by molar-refractivity contribution is -0.120. The van der Waals surface area contributed by atoms with Gasteiger partial charge in [-0.3, -0.25) is 4.79 Å². The zero-order valence-electron chi connectivity index (χ0n) is 11.6. The number of para-hydroxylation sites is 2. The summed E-state index contributed by atoms with van der Waals surface area (Å²) in [5.74, 6) is -2.30. The maximum Gasteiger partial charge on any atom is 0.313 e. The molecule has 0 amide bonds. The molecule has 0 aromatic heterocycles. The number of halogens is 5. The van der Waals surface area contributed by atoms with Crippen LogP contribution < -0.4 is 4.74 Å². The van der Waals surface area contributed by atoms with Gasteiger partial charge >= 0.3 is 10.2 Å². The molecule has 24 heavy (non-hydrogen) atoms. The van der Waals surface area contributed by atoms with Crippen molar-refractivity contribution in [2.75, 3.05) is 0 Å². The molecule has 0 aliphatic carbocycles. The molecule has 11 heteroatoms. The van der Waals surface area contributed by atoms with Crippen molar-refractivity contribution in [3.63, 3.8) is 0 Å². The van der Waals surface area contributed by atoms with Gasteiger partial charge in [-0.1, -0.05) is 37.6 Å². The lowest BCUT2D eigenvalue weighted by Crippen LogP contribution is -2.08. The third kappa shape index (κ3) is 5.19. The van der Waals surface area contributed by atoms with Gasteiger partial charge in [0.25, 0.3) is 6.47 Å². The van der Waals surface area contributed by atoms with Gasteiger partial charge in [0.15, 0.2) is 23.0 Å². The Bertz CT molecular complexity index is 728. The van der Waals surface area contributed by atoms with Crippen LogP contribution in [0.4, 0.5) is 19.4 Å². The molecule has 0 fully saturated rings. The molecule has 0 radical (unpaired) electrons. The minimum absolute atomic E-state index is 0.167. The molecule has 0 unspecified atom stereocenters. The fraction of sp³-hybridized carbons (Fsp3) is 0. The van der Waals surface area contributed by atoms with Crippen molar-refractivity contribution in [3.8, 4) is 23.0 Å². The van der Waals surface area contributed by atoms with Gasteiger partial charge in [-0.25, -0.2) is 0 Å². The molecule has 0 aliphatic rings. The third-order valence-corrected chi connectivity index (χ3v) is 3.60. The van der Waals surface area contributed by atoms with E-state index in [4.69, 9.17) is 15.3 Å². The second-order valence-electron chi connectivity index (χ2n) is 4.27. The summed E-state index contributed by atoms with van der Waals surface area (Å²) in [5, 5.41) is 26.1. The average Bonchev–Trinajstić information content (AvgIpc) is 2.44. The van der Waals surface area contributed by atoms with E-state index < -0.39 is 26.6 Å². The Balaban J connectivity index is 0.000000272. The normalized spacial score (nSPS) is 13.7. The van der Waals surface area contributed by atoms with E-state index in [1.807, 2.05) is 0 Å². The Morgan fingerprint density at radius 1 is 0.833 bits per heavy atom. The number of hydrogen-bond donors (Lipinski definition) is 3. The van der Waals surface area contributed by atoms with E-state index in [1.54, 1.807) is 0 Å². The first-order valence-corrected chi connectivity index (χ1v) is 7.84. The zero-order chi connectivity index (χ0) is 18.7. The van der Waals surface area contributed by atoms with E-state index >= 15 is 0 Å². The van der Waals surface area contributed by atoms with Gasteiger partial charge in [0.2, 0.25) is 0 Å². The van der Waals surface area contributed by atoms with E-state index in [1.165, 1.54) is 18.2 Å². The Kier molecular flexibility index (Phi) is 4.63. The monoisotopic (exact) mass is 374 g/mol. The predicted octanol–water partition coefficient (Wildman–Crippen LogP) is 4.68. The molecular weight excluding hydrogens is 363 g/mol. The van der Waals surface area contributed by atoms with Crippen molar-refractivity contribution in [1.82, 2.24) is 0 Å². The topological polar surface area (TPSA) is 87.0 Å². The molecule has 2 aromatic rings. The Morgan fingerprint density at radius 2 is 1.33 bits per heavy atom. The van der Waals surface area contributed by atoms with Gasteiger partial charge in [-0.15, -0.1) is 0 Å². The zero-order valence-corrected chi connectivity index (χ0v) is 12.4. The molecule has 2 aromatic carbocycles. The molecule has 3 N–H and O–H groups in total. The number of aromatic hydroxyl groups is 3. The first kappa shape index (κ1) is 19.4. The van der Waals surface area contributed by atoms with Gasteiger partial charge in [0, 0.05) is 0 Å². The highest BCUT2D eigenvalue weighted by atomic mass is 32.5. The van der Waals surface area contributed by atoms with Crippen molar-refractivity contribution in [2.45, 2.75) is 4.90 Å². The molecule has 0 saturated carbocycles. The van der Waals surface area contributed by atoms with Crippen LogP contribution in [0.2, 0.25) is 0 Å². The molecule has 0 aliphatic heterocycles. The molecule has 5 nitrogen and oxygen atoms in total. The van der Waals surface area contributed by atoms with E-state index in [9.17, 15) is 24.2 Å². The molecule has 0 spiro atoms. The first-order chi connectivity index (χ1) is 10.8. The van der Waals surface area contributed by atoms with Crippen LogP contribution in [0.15, 0.2) is 47.4 Å². The third-order valence-electron chi connectivity index (χ3n) is 2.43. The molecule has 134 valence electrons. The van der Waals surface area contributed by atoms with Crippen LogP contribution in [0.25, 0.3) is 0 Å². The van der Waals surface area contributed by atoms with Gasteiger partial charge in [0.05, 0.1) is 0 Å². The van der Waals surface area contributed by atoms with Gasteiger partial charge in [0.1, 0.15) is 4.90 Å². The van der Waals surface area contributed by atoms with Crippen LogP contribution in [0.3, 0.4) is 0 Å². The Labute approximate surface area is 132 Å². The van der Waals surface area contributed by atoms with E-state index in [2.05, 4.69) is 4.74 Å². The van der Waals surface area contributed by atoms with Crippen molar-refractivity contribution < 1.29 is 44.3 Å². The number of phenolic OH excluding ortho intramolecular Hbond substituents is 3. The van der Waals surface area contributed by atoms with Gasteiger partial charge in [-0.2, -0.15) is 0 Å². The summed E-state index contributed by atoms with van der Waals surface area (Å²) in [7, 11) is -9.80. The van der Waals surface area contributed by atoms with Crippen LogP contribution in [0.5, 0.6) is 23.0 Å². The number of ether oxygens (including phenoxy) is 1.